The van der Waals surface area contributed by atoms with Crippen LogP contribution in [0.3, 0.4) is 0 Å². The fourth-order valence-electron chi connectivity index (χ4n) is 3.73. The van der Waals surface area contributed by atoms with Crippen LogP contribution in [0.25, 0.3) is 11.5 Å². The van der Waals surface area contributed by atoms with Gasteiger partial charge in [-0.05, 0) is 31.2 Å². The third kappa shape index (κ3) is 4.91. The number of para-hydroxylation sites is 2. The Morgan fingerprint density at radius 2 is 1.84 bits per heavy atom. The molecule has 0 spiro atoms. The SMILES string of the molecule is COc1ccccc1N1CCN(C(=O)CSCc2nc(-c3ccccc3F)oc2C)CC1. The van der Waals surface area contributed by atoms with Crippen molar-refractivity contribution in [2.75, 3.05) is 43.9 Å². The molecule has 1 aliphatic heterocycles. The third-order valence-electron chi connectivity index (χ3n) is 5.52. The molecule has 8 heteroatoms. The molecule has 1 aromatic heterocycles. The lowest BCUT2D eigenvalue weighted by Crippen LogP contribution is -2.49. The maximum absolute atomic E-state index is 14.0. The summed E-state index contributed by atoms with van der Waals surface area (Å²) in [5, 5.41) is 0. The maximum Gasteiger partial charge on any atom is 0.232 e. The topological polar surface area (TPSA) is 58.8 Å². The van der Waals surface area contributed by atoms with Crippen LogP contribution in [0.1, 0.15) is 11.5 Å². The number of ether oxygens (including phenoxy) is 1. The summed E-state index contributed by atoms with van der Waals surface area (Å²) in [6.07, 6.45) is 0. The van der Waals surface area contributed by atoms with Crippen molar-refractivity contribution in [3.05, 3.63) is 65.8 Å². The minimum Gasteiger partial charge on any atom is -0.495 e. The number of aryl methyl sites for hydroxylation is 1. The fraction of sp³-hybridized carbons (Fsp3) is 0.333. The molecule has 0 unspecified atom stereocenters. The van der Waals surface area contributed by atoms with Gasteiger partial charge in [0.1, 0.15) is 17.3 Å². The van der Waals surface area contributed by atoms with Crippen LogP contribution in [-0.4, -0.2) is 54.8 Å². The number of anilines is 1. The predicted molar refractivity (Wildman–Crippen MR) is 125 cm³/mol. The van der Waals surface area contributed by atoms with Crippen molar-refractivity contribution < 1.29 is 18.3 Å². The second kappa shape index (κ2) is 10.1. The summed E-state index contributed by atoms with van der Waals surface area (Å²) in [5.74, 6) is 2.43. The van der Waals surface area contributed by atoms with Crippen molar-refractivity contribution >= 4 is 23.4 Å². The van der Waals surface area contributed by atoms with Crippen molar-refractivity contribution in [2.24, 2.45) is 0 Å². The van der Waals surface area contributed by atoms with E-state index in [0.717, 1.165) is 30.2 Å². The molecule has 0 saturated carbocycles. The van der Waals surface area contributed by atoms with Crippen LogP contribution in [0.5, 0.6) is 5.75 Å². The first-order valence-corrected chi connectivity index (χ1v) is 11.7. The Balaban J connectivity index is 1.28. The van der Waals surface area contributed by atoms with Crippen molar-refractivity contribution in [3.8, 4) is 17.2 Å². The third-order valence-corrected chi connectivity index (χ3v) is 6.45. The Morgan fingerprint density at radius 3 is 2.59 bits per heavy atom. The fourth-order valence-corrected chi connectivity index (χ4v) is 4.65. The monoisotopic (exact) mass is 455 g/mol. The molecule has 2 heterocycles. The number of thioether (sulfide) groups is 1. The average molecular weight is 456 g/mol. The zero-order valence-corrected chi connectivity index (χ0v) is 19.0. The van der Waals surface area contributed by atoms with Gasteiger partial charge in [-0.3, -0.25) is 4.79 Å². The molecule has 6 nitrogen and oxygen atoms in total. The number of carbonyl (C=O) groups excluding carboxylic acids is 1. The average Bonchev–Trinajstić information content (AvgIpc) is 3.19. The normalized spacial score (nSPS) is 14.0. The number of oxazole rings is 1. The first-order chi connectivity index (χ1) is 15.6. The molecule has 2 aromatic carbocycles. The van der Waals surface area contributed by atoms with Crippen LogP contribution in [-0.2, 0) is 10.5 Å². The number of carbonyl (C=O) groups is 1. The minimum atomic E-state index is -0.365. The lowest BCUT2D eigenvalue weighted by atomic mass is 10.2. The maximum atomic E-state index is 14.0. The molecular weight excluding hydrogens is 429 g/mol. The predicted octanol–water partition coefficient (Wildman–Crippen LogP) is 4.38. The largest absolute Gasteiger partial charge is 0.495 e. The summed E-state index contributed by atoms with van der Waals surface area (Å²) in [6, 6.07) is 14.4. The zero-order valence-electron chi connectivity index (χ0n) is 18.2. The van der Waals surface area contributed by atoms with Gasteiger partial charge in [0.2, 0.25) is 11.8 Å². The molecule has 0 aliphatic carbocycles. The van der Waals surface area contributed by atoms with Crippen LogP contribution >= 0.6 is 11.8 Å². The molecule has 32 heavy (non-hydrogen) atoms. The van der Waals surface area contributed by atoms with E-state index in [1.807, 2.05) is 36.1 Å². The van der Waals surface area contributed by atoms with Gasteiger partial charge in [-0.2, -0.15) is 0 Å². The number of halogens is 1. The Morgan fingerprint density at radius 1 is 1.12 bits per heavy atom. The molecule has 1 fully saturated rings. The van der Waals surface area contributed by atoms with E-state index in [4.69, 9.17) is 9.15 Å². The van der Waals surface area contributed by atoms with Crippen LogP contribution in [0.4, 0.5) is 10.1 Å². The van der Waals surface area contributed by atoms with E-state index in [2.05, 4.69) is 9.88 Å². The van der Waals surface area contributed by atoms with Crippen LogP contribution < -0.4 is 9.64 Å². The van der Waals surface area contributed by atoms with Gasteiger partial charge < -0.3 is 19.0 Å². The molecule has 0 radical (unpaired) electrons. The van der Waals surface area contributed by atoms with E-state index in [1.165, 1.54) is 17.8 Å². The van der Waals surface area contributed by atoms with E-state index in [0.29, 0.717) is 35.9 Å². The minimum absolute atomic E-state index is 0.116. The number of piperazine rings is 1. The number of nitrogens with zero attached hydrogens (tertiary/aromatic N) is 3. The summed E-state index contributed by atoms with van der Waals surface area (Å²) in [7, 11) is 1.67. The van der Waals surface area contributed by atoms with Crippen molar-refractivity contribution in [2.45, 2.75) is 12.7 Å². The number of rotatable bonds is 7. The van der Waals surface area contributed by atoms with E-state index < -0.39 is 0 Å². The Kier molecular flexibility index (Phi) is 6.99. The highest BCUT2D eigenvalue weighted by molar-refractivity contribution is 7.99. The van der Waals surface area contributed by atoms with E-state index in [-0.39, 0.29) is 17.6 Å². The number of aromatic nitrogens is 1. The molecule has 1 amide bonds. The van der Waals surface area contributed by atoms with E-state index >= 15 is 0 Å². The van der Waals surface area contributed by atoms with Gasteiger partial charge in [-0.1, -0.05) is 24.3 Å². The molecule has 0 N–H and O–H groups in total. The van der Waals surface area contributed by atoms with Crippen molar-refractivity contribution in [3.63, 3.8) is 0 Å². The summed E-state index contributed by atoms with van der Waals surface area (Å²) in [5.41, 5.74) is 2.14. The van der Waals surface area contributed by atoms with Crippen LogP contribution in [0.2, 0.25) is 0 Å². The number of hydrogen-bond acceptors (Lipinski definition) is 6. The number of hydrogen-bond donors (Lipinski definition) is 0. The second-order valence-electron chi connectivity index (χ2n) is 7.53. The molecule has 1 saturated heterocycles. The number of methoxy groups -OCH3 is 1. The van der Waals surface area contributed by atoms with E-state index in [9.17, 15) is 9.18 Å². The summed E-state index contributed by atoms with van der Waals surface area (Å²) in [4.78, 5) is 21.3. The molecule has 1 aliphatic rings. The number of benzene rings is 2. The quantitative estimate of drug-likeness (QED) is 0.527. The lowest BCUT2D eigenvalue weighted by Gasteiger charge is -2.36. The molecule has 0 atom stereocenters. The highest BCUT2D eigenvalue weighted by Gasteiger charge is 2.23. The lowest BCUT2D eigenvalue weighted by molar-refractivity contribution is -0.128. The van der Waals surface area contributed by atoms with Crippen LogP contribution in [0.15, 0.2) is 52.9 Å². The van der Waals surface area contributed by atoms with Crippen molar-refractivity contribution in [1.82, 2.24) is 9.88 Å². The van der Waals surface area contributed by atoms with Gasteiger partial charge in [0.25, 0.3) is 0 Å². The molecular formula is C24H26FN3O3S. The van der Waals surface area contributed by atoms with Gasteiger partial charge in [0, 0.05) is 31.9 Å². The molecule has 168 valence electrons. The molecule has 0 bridgehead atoms. The van der Waals surface area contributed by atoms with E-state index in [1.54, 1.807) is 25.3 Å². The highest BCUT2D eigenvalue weighted by atomic mass is 32.2. The van der Waals surface area contributed by atoms with Crippen LogP contribution in [0, 0.1) is 12.7 Å². The van der Waals surface area contributed by atoms with Gasteiger partial charge >= 0.3 is 0 Å². The zero-order chi connectivity index (χ0) is 22.5. The Bertz CT molecular complexity index is 1080. The Hall–Kier alpha value is -3.00. The summed E-state index contributed by atoms with van der Waals surface area (Å²) in [6.45, 7) is 4.71. The standard InChI is InChI=1S/C24H26FN3O3S/c1-17-20(26-24(31-17)18-7-3-4-8-19(18)25)15-32-16-23(29)28-13-11-27(12-14-28)21-9-5-6-10-22(21)30-2/h3-10H,11-16H2,1-2H3. The highest BCUT2D eigenvalue weighted by Crippen LogP contribution is 2.29. The molecule has 3 aromatic rings. The van der Waals surface area contributed by atoms with Gasteiger partial charge in [-0.25, -0.2) is 9.37 Å². The van der Waals surface area contributed by atoms with Crippen molar-refractivity contribution in [1.29, 1.82) is 0 Å². The van der Waals surface area contributed by atoms with Gasteiger partial charge in [0.15, 0.2) is 0 Å². The summed E-state index contributed by atoms with van der Waals surface area (Å²) < 4.78 is 25.1. The van der Waals surface area contributed by atoms with Gasteiger partial charge in [-0.15, -0.1) is 11.8 Å². The van der Waals surface area contributed by atoms with Gasteiger partial charge in [0.05, 0.1) is 29.8 Å². The first-order valence-electron chi connectivity index (χ1n) is 10.5. The molecule has 4 rings (SSSR count). The smallest absolute Gasteiger partial charge is 0.232 e. The first kappa shape index (κ1) is 22.2. The summed E-state index contributed by atoms with van der Waals surface area (Å²) >= 11 is 1.50. The second-order valence-corrected chi connectivity index (χ2v) is 8.52. The number of amides is 1. The Labute approximate surface area is 191 Å².